The first-order valence-electron chi connectivity index (χ1n) is 39.2. The summed E-state index contributed by atoms with van der Waals surface area (Å²) in [6.45, 7) is 12.1. The van der Waals surface area contributed by atoms with Crippen molar-refractivity contribution in [2.45, 2.75) is 59.3 Å². The molecule has 12 rings (SSSR count). The van der Waals surface area contributed by atoms with Gasteiger partial charge in [0.15, 0.2) is 57.0 Å². The van der Waals surface area contributed by atoms with Crippen LogP contribution in [0, 0.1) is 26.6 Å². The van der Waals surface area contributed by atoms with Crippen LogP contribution in [-0.4, -0.2) is 166 Å². The molecule has 2 fully saturated rings. The summed E-state index contributed by atoms with van der Waals surface area (Å²) >= 11 is 0. The molecule has 2 aliphatic rings. The van der Waals surface area contributed by atoms with Gasteiger partial charge in [0.05, 0.1) is 28.4 Å². The highest BCUT2D eigenvalue weighted by molar-refractivity contribution is 7.57. The van der Waals surface area contributed by atoms with Crippen LogP contribution in [0.25, 0.3) is 0 Å². The number of piperidine rings is 2. The molecule has 0 aliphatic carbocycles. The molecule has 10 aromatic carbocycles. The van der Waals surface area contributed by atoms with Crippen molar-refractivity contribution in [1.29, 1.82) is 0 Å². The van der Waals surface area contributed by atoms with Gasteiger partial charge < -0.3 is 90.8 Å². The Hall–Kier alpha value is -8.72. The number of halogens is 1. The van der Waals surface area contributed by atoms with Gasteiger partial charge in [-0.05, 0) is 155 Å². The van der Waals surface area contributed by atoms with E-state index in [9.17, 15) is 4.39 Å². The Labute approximate surface area is 709 Å². The molecule has 10 aromatic rings. The number of nitrogens with zero attached hydrogens (tertiary/aromatic N) is 5. The highest BCUT2D eigenvalue weighted by atomic mass is 31.1. The molecule has 118 heavy (non-hydrogen) atoms. The van der Waals surface area contributed by atoms with Crippen molar-refractivity contribution < 1.29 is 70.7 Å². The van der Waals surface area contributed by atoms with E-state index in [1.165, 1.54) is 143 Å². The lowest BCUT2D eigenvalue weighted by molar-refractivity contribution is 0.0498. The van der Waals surface area contributed by atoms with Crippen LogP contribution in [0.5, 0.6) is 51.7 Å². The summed E-state index contributed by atoms with van der Waals surface area (Å²) in [6, 6.07) is 65.4. The lowest BCUT2D eigenvalue weighted by atomic mass is 10.1. The van der Waals surface area contributed by atoms with Gasteiger partial charge in [-0.3, -0.25) is 0 Å². The Kier molecular flexibility index (Phi) is 41.0. The Morgan fingerprint density at radius 2 is 0.729 bits per heavy atom. The zero-order valence-electron chi connectivity index (χ0n) is 71.9. The number of rotatable bonds is 34. The van der Waals surface area contributed by atoms with E-state index < -0.39 is 0 Å². The van der Waals surface area contributed by atoms with Crippen LogP contribution in [0.15, 0.2) is 194 Å². The molecule has 0 bridgehead atoms. The van der Waals surface area contributed by atoms with E-state index in [1.54, 1.807) is 76.1 Å². The second-order valence-corrected chi connectivity index (χ2v) is 34.8. The Bertz CT molecular complexity index is 4680. The van der Waals surface area contributed by atoms with Gasteiger partial charge >= 0.3 is 0 Å². The monoisotopic (exact) mass is 1710 g/mol. The summed E-state index contributed by atoms with van der Waals surface area (Å²) in [5.41, 5.74) is 9.72. The van der Waals surface area contributed by atoms with Crippen molar-refractivity contribution in [3.05, 3.63) is 217 Å². The van der Waals surface area contributed by atoms with Gasteiger partial charge in [0.25, 0.3) is 0 Å². The second kappa shape index (κ2) is 51.0. The zero-order chi connectivity index (χ0) is 84.7. The quantitative estimate of drug-likeness (QED) is 0.0278. The topological polar surface area (TPSA) is 145 Å². The van der Waals surface area contributed by atoms with E-state index in [1.807, 2.05) is 67.5 Å². The maximum Gasteiger partial charge on any atom is 0.188 e. The molecule has 2 heterocycles. The molecule has 2 saturated heterocycles. The third-order valence-electron chi connectivity index (χ3n) is 18.9. The van der Waals surface area contributed by atoms with Crippen molar-refractivity contribution in [3.8, 4) is 51.7 Å². The van der Waals surface area contributed by atoms with E-state index in [-0.39, 0.29) is 48.4 Å². The van der Waals surface area contributed by atoms with Gasteiger partial charge in [-0.15, -0.1) is 0 Å². The molecule has 19 nitrogen and oxygen atoms in total. The molecule has 2 aliphatic heterocycles. The van der Waals surface area contributed by atoms with Gasteiger partial charge in [0, 0.05) is 192 Å². The summed E-state index contributed by atoms with van der Waals surface area (Å²) in [5, 5.41) is 11.9. The van der Waals surface area contributed by atoms with Crippen molar-refractivity contribution in [1.82, 2.24) is 0 Å². The number of methoxy groups -OCH3 is 9. The average Bonchev–Trinajstić information content (AvgIpc) is 0.816. The summed E-state index contributed by atoms with van der Waals surface area (Å²) in [4.78, 5) is 11.2. The summed E-state index contributed by atoms with van der Waals surface area (Å²) < 4.78 is 89.2. The van der Waals surface area contributed by atoms with Crippen LogP contribution >= 0.6 is 42.9 Å². The van der Waals surface area contributed by atoms with Gasteiger partial charge in [-0.1, -0.05) is 152 Å². The fourth-order valence-electron chi connectivity index (χ4n) is 13.1. The third kappa shape index (κ3) is 28.8. The van der Waals surface area contributed by atoms with E-state index in [0.717, 1.165) is 67.0 Å². The molecule has 0 aromatic heterocycles. The predicted octanol–water partition coefficient (Wildman–Crippen LogP) is 14.8. The van der Waals surface area contributed by atoms with Crippen LogP contribution in [0.4, 0.5) is 32.8 Å². The highest BCUT2D eigenvalue weighted by Gasteiger charge is 2.22. The van der Waals surface area contributed by atoms with E-state index in [4.69, 9.17) is 66.3 Å². The maximum atomic E-state index is 13.6. The van der Waals surface area contributed by atoms with E-state index in [2.05, 4.69) is 190 Å². The fraction of sp³-hybridized carbons (Fsp3) is 0.355. The minimum atomic E-state index is -0.267. The standard InChI is InChI=1S/C20H26NO2P.C19H24NO2P.C18H23FNO4P.2C18H24NO3P/c1-16-9-8-12-19(20(16)23-15-22-2)24-18-11-5-4-10-17(18)21-13-6-3-7-14-21;1-21-15-22-17-10-4-6-12-19(17)23-18-11-5-3-9-16(18)20-13-7-2-8-14-20;1-20(2)14-8-12(19)6-7-16(14)25-17-10-13(22-4)9-15(23-5)18(17)24-11-21-3;1-13-6-9-17(15(10-13)19(2)3)23-18-11-14(21-5)7-8-16(18)22-12-20-4;1-13-8-6-9-14(19(2)3)18(13)23-16-11-7-10-15(21-5)17(16)22-12-20-4/h4-5,8-12,24H,3,6-7,13-15H2,1-2H3;3-6,9-12,23H,2,7-8,13-15H2,1H3;6-10,25H,11H2,1-5H3;2*6-11,23H,12H2,1-5H3. The SMILES string of the molecule is COCOc1c(C)cccc1Pc1ccccc1N1CCCCC1.COCOc1c(OC)cc(OC)cc1Pc1ccc(F)cc1N(C)C.COCOc1c(OC)cccc1Pc1c(C)cccc1N(C)C.COCOc1ccc(OC)cc1Pc1ccc(C)cc1N(C)C.COCOc1ccccc1Pc1ccccc1N1CCCCC1. The van der Waals surface area contributed by atoms with Gasteiger partial charge in [0.2, 0.25) is 0 Å². The van der Waals surface area contributed by atoms with E-state index >= 15 is 0 Å². The number of para-hydroxylation sites is 5. The number of hydrogen-bond acceptors (Lipinski definition) is 19. The van der Waals surface area contributed by atoms with Gasteiger partial charge in [0.1, 0.15) is 34.6 Å². The molecule has 0 N–H and O–H groups in total. The lowest BCUT2D eigenvalue weighted by Gasteiger charge is -2.30. The minimum absolute atomic E-state index is 0.101. The van der Waals surface area contributed by atoms with Crippen molar-refractivity contribution in [2.24, 2.45) is 0 Å². The Morgan fingerprint density at radius 3 is 1.28 bits per heavy atom. The number of aryl methyl sites for hydroxylation is 3. The molecular weight excluding hydrogens is 1580 g/mol. The van der Waals surface area contributed by atoms with Crippen molar-refractivity contribution in [2.75, 3.05) is 191 Å². The van der Waals surface area contributed by atoms with Crippen LogP contribution in [0.1, 0.15) is 55.2 Å². The first-order valence-corrected chi connectivity index (χ1v) is 44.2. The smallest absolute Gasteiger partial charge is 0.188 e. The molecular formula is C93H121FN5O14P5. The van der Waals surface area contributed by atoms with Crippen LogP contribution < -0.4 is 120 Å². The molecule has 634 valence electrons. The number of ether oxygens (including phenoxy) is 14. The van der Waals surface area contributed by atoms with E-state index in [0.29, 0.717) is 51.6 Å². The summed E-state index contributed by atoms with van der Waals surface area (Å²) in [5.74, 6) is 6.58. The van der Waals surface area contributed by atoms with Gasteiger partial charge in [-0.2, -0.15) is 0 Å². The van der Waals surface area contributed by atoms with Crippen LogP contribution in [-0.2, 0) is 23.7 Å². The largest absolute Gasteiger partial charge is 0.497 e. The molecule has 0 spiro atoms. The minimum Gasteiger partial charge on any atom is -0.497 e. The van der Waals surface area contributed by atoms with Gasteiger partial charge in [-0.25, -0.2) is 4.39 Å². The lowest BCUT2D eigenvalue weighted by Crippen LogP contribution is -2.32. The zero-order valence-corrected chi connectivity index (χ0v) is 76.9. The molecule has 0 radical (unpaired) electrons. The Morgan fingerprint density at radius 1 is 0.305 bits per heavy atom. The number of benzene rings is 10. The third-order valence-corrected chi connectivity index (χ3v) is 25.9. The van der Waals surface area contributed by atoms with Crippen LogP contribution in [0.3, 0.4) is 0 Å². The first-order chi connectivity index (χ1) is 57.3. The molecule has 25 heteroatoms. The summed E-state index contributed by atoms with van der Waals surface area (Å²) in [7, 11) is 29.0. The summed E-state index contributed by atoms with van der Waals surface area (Å²) in [6.07, 6.45) is 7.90. The normalized spacial score (nSPS) is 12.7. The highest BCUT2D eigenvalue weighted by Crippen LogP contribution is 2.38. The molecule has 5 unspecified atom stereocenters. The Balaban J connectivity index is 0.000000184. The molecule has 5 atom stereocenters. The molecule has 0 amide bonds. The fourth-order valence-corrected chi connectivity index (χ4v) is 20.0. The first kappa shape index (κ1) is 94.8. The van der Waals surface area contributed by atoms with Crippen LogP contribution in [0.2, 0.25) is 0 Å². The van der Waals surface area contributed by atoms with Crippen molar-refractivity contribution >= 4 is 124 Å². The average molecular weight is 1710 g/mol. The molecule has 0 saturated carbocycles. The number of anilines is 5. The number of hydrogen-bond donors (Lipinski definition) is 0. The second-order valence-electron chi connectivity index (χ2n) is 28.2. The maximum absolute atomic E-state index is 13.6. The predicted molar refractivity (Wildman–Crippen MR) is 500 cm³/mol. The van der Waals surface area contributed by atoms with Crippen molar-refractivity contribution in [3.63, 3.8) is 0 Å².